The number of nitrogens with one attached hydrogen (secondary N) is 1. The van der Waals surface area contributed by atoms with E-state index in [9.17, 15) is 22.8 Å². The molecule has 0 saturated heterocycles. The second-order valence-electron chi connectivity index (χ2n) is 4.21. The summed E-state index contributed by atoms with van der Waals surface area (Å²) >= 11 is 0. The number of amides is 1. The Morgan fingerprint density at radius 1 is 1.50 bits per heavy atom. The molecule has 0 radical (unpaired) electrons. The fraction of sp³-hybridized carbons (Fsp3) is 0.308. The third-order valence-electron chi connectivity index (χ3n) is 2.46. The van der Waals surface area contributed by atoms with Gasteiger partial charge in [-0.1, -0.05) is 12.7 Å². The molecule has 2 N–H and O–H groups in total. The number of hydrogen-bond donors (Lipinski definition) is 2. The maximum atomic E-state index is 12.8. The van der Waals surface area contributed by atoms with Gasteiger partial charge in [0, 0.05) is 6.07 Å². The third-order valence-corrected chi connectivity index (χ3v) is 2.46. The normalized spacial score (nSPS) is 12.4. The number of aromatic nitrogens is 1. The second-order valence-corrected chi connectivity index (χ2v) is 4.21. The van der Waals surface area contributed by atoms with E-state index in [1.165, 1.54) is 13.0 Å². The molecule has 0 spiro atoms. The van der Waals surface area contributed by atoms with Crippen molar-refractivity contribution < 1.29 is 32.6 Å². The molecule has 0 fully saturated rings. The number of hydrogen-bond acceptors (Lipinski definition) is 4. The summed E-state index contributed by atoms with van der Waals surface area (Å²) in [6, 6.07) is -0.0562. The van der Waals surface area contributed by atoms with Crippen molar-refractivity contribution in [1.82, 2.24) is 10.3 Å². The number of carbonyl (C=O) groups is 2. The van der Waals surface area contributed by atoms with Gasteiger partial charge in [-0.3, -0.25) is 4.79 Å². The van der Waals surface area contributed by atoms with Crippen LogP contribution in [0.1, 0.15) is 23.0 Å². The lowest BCUT2D eigenvalue weighted by Gasteiger charge is -2.13. The largest absolute Gasteiger partial charge is 0.473 e. The van der Waals surface area contributed by atoms with Gasteiger partial charge in [-0.25, -0.2) is 9.78 Å². The highest BCUT2D eigenvalue weighted by atomic mass is 19.4. The Hall–Kier alpha value is -2.58. The Bertz CT molecular complexity index is 587. The molecule has 9 heteroatoms. The van der Waals surface area contributed by atoms with Gasteiger partial charge in [0.15, 0.2) is 0 Å². The van der Waals surface area contributed by atoms with Crippen molar-refractivity contribution in [3.63, 3.8) is 0 Å². The van der Waals surface area contributed by atoms with Crippen LogP contribution in [0.15, 0.2) is 24.8 Å². The van der Waals surface area contributed by atoms with Gasteiger partial charge in [0.1, 0.15) is 12.3 Å². The highest BCUT2D eigenvalue weighted by Crippen LogP contribution is 2.31. The number of alkyl halides is 3. The zero-order chi connectivity index (χ0) is 16.9. The molecular formula is C13H13F3N2O4. The van der Waals surface area contributed by atoms with Crippen molar-refractivity contribution in [1.29, 1.82) is 0 Å². The molecule has 0 saturated carbocycles. The third kappa shape index (κ3) is 4.76. The molecular weight excluding hydrogens is 305 g/mol. The van der Waals surface area contributed by atoms with Crippen molar-refractivity contribution in [3.05, 3.63) is 36.0 Å². The molecule has 120 valence electrons. The minimum absolute atomic E-state index is 0.0924. The highest BCUT2D eigenvalue weighted by Gasteiger charge is 2.33. The highest BCUT2D eigenvalue weighted by molar-refractivity contribution is 5.99. The predicted octanol–water partition coefficient (Wildman–Crippen LogP) is 2.50. The van der Waals surface area contributed by atoms with Crippen molar-refractivity contribution in [3.8, 4) is 5.88 Å². The fourth-order valence-corrected chi connectivity index (χ4v) is 1.49. The summed E-state index contributed by atoms with van der Waals surface area (Å²) in [6.45, 7) is 4.45. The van der Waals surface area contributed by atoms with Crippen LogP contribution in [0.2, 0.25) is 0 Å². The van der Waals surface area contributed by atoms with E-state index >= 15 is 0 Å². The van der Waals surface area contributed by atoms with Gasteiger partial charge in [0.25, 0.3) is 0 Å². The molecule has 1 atom stereocenters. The Morgan fingerprint density at radius 3 is 2.64 bits per heavy atom. The van der Waals surface area contributed by atoms with Crippen molar-refractivity contribution in [2.24, 2.45) is 0 Å². The van der Waals surface area contributed by atoms with E-state index in [1.807, 2.05) is 5.32 Å². The number of carboxylic acid groups (broad SMARTS) is 1. The van der Waals surface area contributed by atoms with Crippen LogP contribution in [0, 0.1) is 0 Å². The van der Waals surface area contributed by atoms with E-state index in [-0.39, 0.29) is 6.61 Å². The van der Waals surface area contributed by atoms with E-state index in [1.54, 1.807) is 0 Å². The molecule has 1 amide bonds. The first-order valence-corrected chi connectivity index (χ1v) is 6.01. The Balaban J connectivity index is 3.19. The van der Waals surface area contributed by atoms with Crippen LogP contribution >= 0.6 is 0 Å². The van der Waals surface area contributed by atoms with Gasteiger partial charge < -0.3 is 15.2 Å². The number of ether oxygens (including phenoxy) is 1. The van der Waals surface area contributed by atoms with Gasteiger partial charge in [-0.15, -0.1) is 0 Å². The molecule has 1 aromatic rings. The van der Waals surface area contributed by atoms with Crippen LogP contribution in [-0.2, 0) is 6.18 Å². The summed E-state index contributed by atoms with van der Waals surface area (Å²) in [7, 11) is 0. The topological polar surface area (TPSA) is 88.5 Å². The average molecular weight is 318 g/mol. The lowest BCUT2D eigenvalue weighted by molar-refractivity contribution is -0.137. The molecule has 1 aromatic heterocycles. The van der Waals surface area contributed by atoms with Crippen LogP contribution in [-0.4, -0.2) is 34.6 Å². The smallest absolute Gasteiger partial charge is 0.416 e. The van der Waals surface area contributed by atoms with E-state index in [0.29, 0.717) is 12.1 Å². The van der Waals surface area contributed by atoms with Gasteiger partial charge in [0.05, 0.1) is 11.6 Å². The Kier molecular flexibility index (Phi) is 5.50. The van der Waals surface area contributed by atoms with Gasteiger partial charge in [0.2, 0.25) is 11.7 Å². The zero-order valence-corrected chi connectivity index (χ0v) is 11.5. The zero-order valence-electron chi connectivity index (χ0n) is 11.5. The number of ketones is 1. The summed E-state index contributed by atoms with van der Waals surface area (Å²) in [5.41, 5.74) is -1.66. The first-order chi connectivity index (χ1) is 10.1. The monoisotopic (exact) mass is 318 g/mol. The van der Waals surface area contributed by atoms with Crippen LogP contribution in [0.3, 0.4) is 0 Å². The van der Waals surface area contributed by atoms with Gasteiger partial charge in [-0.2, -0.15) is 13.2 Å². The minimum atomic E-state index is -4.70. The lowest BCUT2D eigenvalue weighted by Crippen LogP contribution is -2.38. The summed E-state index contributed by atoms with van der Waals surface area (Å²) in [5, 5.41) is 10.4. The first-order valence-electron chi connectivity index (χ1n) is 6.01. The number of halogens is 3. The molecule has 0 unspecified atom stereocenters. The Morgan fingerprint density at radius 2 is 2.14 bits per heavy atom. The second kappa shape index (κ2) is 6.92. The van der Waals surface area contributed by atoms with E-state index in [4.69, 9.17) is 9.84 Å². The summed E-state index contributed by atoms with van der Waals surface area (Å²) in [5.74, 6) is -1.31. The van der Waals surface area contributed by atoms with Crippen molar-refractivity contribution in [2.75, 3.05) is 6.61 Å². The maximum absolute atomic E-state index is 12.8. The lowest BCUT2D eigenvalue weighted by atomic mass is 10.1. The number of pyridine rings is 1. The summed E-state index contributed by atoms with van der Waals surface area (Å²) in [6.07, 6.45) is -4.87. The molecule has 0 bridgehead atoms. The van der Waals surface area contributed by atoms with Crippen LogP contribution < -0.4 is 10.1 Å². The quantitative estimate of drug-likeness (QED) is 0.621. The number of rotatable bonds is 6. The molecule has 22 heavy (non-hydrogen) atoms. The Labute approximate surface area is 123 Å². The van der Waals surface area contributed by atoms with E-state index in [2.05, 4.69) is 11.6 Å². The SMILES string of the molecule is C=CCOc1cc(C(F)(F)F)cc(C(=O)[C@H](C)NC(=O)O)n1. The number of carbonyl (C=O) groups excluding carboxylic acids is 1. The molecule has 0 aliphatic heterocycles. The summed E-state index contributed by atoms with van der Waals surface area (Å²) < 4.78 is 43.4. The van der Waals surface area contributed by atoms with Crippen molar-refractivity contribution >= 4 is 11.9 Å². The molecule has 1 rings (SSSR count). The molecule has 0 aliphatic rings. The van der Waals surface area contributed by atoms with E-state index in [0.717, 1.165) is 0 Å². The minimum Gasteiger partial charge on any atom is -0.473 e. The van der Waals surface area contributed by atoms with E-state index < -0.39 is 41.2 Å². The molecule has 1 heterocycles. The first kappa shape index (κ1) is 17.5. The van der Waals surface area contributed by atoms with Crippen LogP contribution in [0.5, 0.6) is 5.88 Å². The van der Waals surface area contributed by atoms with Crippen LogP contribution in [0.25, 0.3) is 0 Å². The average Bonchev–Trinajstić information content (AvgIpc) is 2.42. The fourth-order valence-electron chi connectivity index (χ4n) is 1.49. The molecule has 6 nitrogen and oxygen atoms in total. The van der Waals surface area contributed by atoms with Crippen molar-refractivity contribution in [2.45, 2.75) is 19.1 Å². The number of nitrogens with zero attached hydrogens (tertiary/aromatic N) is 1. The standard InChI is InChI=1S/C13H13F3N2O4/c1-3-4-22-10-6-8(13(14,15)16)5-9(18-10)11(19)7(2)17-12(20)21/h3,5-7,17H,1,4H2,2H3,(H,20,21)/t7-/m0/s1. The number of Topliss-reactive ketones (excluding diaryl/α,β-unsaturated/α-hetero) is 1. The maximum Gasteiger partial charge on any atom is 0.416 e. The van der Waals surface area contributed by atoms with Crippen LogP contribution in [0.4, 0.5) is 18.0 Å². The summed E-state index contributed by atoms with van der Waals surface area (Å²) in [4.78, 5) is 26.1. The molecule has 0 aliphatic carbocycles. The molecule has 0 aromatic carbocycles. The van der Waals surface area contributed by atoms with Gasteiger partial charge in [-0.05, 0) is 13.0 Å². The predicted molar refractivity (Wildman–Crippen MR) is 69.9 cm³/mol. The van der Waals surface area contributed by atoms with Gasteiger partial charge >= 0.3 is 12.3 Å².